The lowest BCUT2D eigenvalue weighted by Gasteiger charge is -2.34. The zero-order chi connectivity index (χ0) is 13.8. The maximum absolute atomic E-state index is 12.5. The molecule has 1 N–H and O–H groups in total. The fourth-order valence-corrected chi connectivity index (χ4v) is 1.62. The lowest BCUT2D eigenvalue weighted by Crippen LogP contribution is -2.54. The van der Waals surface area contributed by atoms with E-state index in [4.69, 9.17) is 0 Å². The summed E-state index contributed by atoms with van der Waals surface area (Å²) in [6.45, 7) is 8.37. The molecule has 1 amide bonds. The minimum atomic E-state index is -0.556. The molecule has 1 rings (SSSR count). The number of amides is 1. The topological polar surface area (TPSA) is 45.2 Å². The Kier molecular flexibility index (Phi) is 4.84. The number of hydrogen-bond donors (Lipinski definition) is 1. The Morgan fingerprint density at radius 1 is 1.44 bits per heavy atom. The second-order valence-electron chi connectivity index (χ2n) is 5.22. The van der Waals surface area contributed by atoms with Crippen LogP contribution in [-0.2, 0) is 11.3 Å². The number of carbonyl (C=O) groups is 1. The van der Waals surface area contributed by atoms with Crippen molar-refractivity contribution in [3.8, 4) is 0 Å². The normalized spacial score (nSPS) is 11.7. The average Bonchev–Trinajstić information content (AvgIpc) is 2.36. The van der Waals surface area contributed by atoms with E-state index >= 15 is 0 Å². The molecule has 0 aliphatic heterocycles. The molecule has 1 aromatic heterocycles. The summed E-state index contributed by atoms with van der Waals surface area (Å²) in [5, 5.41) is 3.05. The van der Waals surface area contributed by atoms with Crippen molar-refractivity contribution >= 4 is 5.91 Å². The zero-order valence-corrected chi connectivity index (χ0v) is 11.9. The summed E-state index contributed by atoms with van der Waals surface area (Å²) >= 11 is 0. The van der Waals surface area contributed by atoms with Gasteiger partial charge in [-0.1, -0.05) is 6.07 Å². The number of hydrogen-bond acceptors (Lipinski definition) is 3. The molecule has 0 bridgehead atoms. The van der Waals surface area contributed by atoms with E-state index in [-0.39, 0.29) is 11.9 Å². The molecule has 0 aliphatic rings. The summed E-state index contributed by atoms with van der Waals surface area (Å²) in [6, 6.07) is 5.90. The first-order valence-corrected chi connectivity index (χ1v) is 6.28. The van der Waals surface area contributed by atoms with Gasteiger partial charge in [-0.25, -0.2) is 0 Å². The first-order valence-electron chi connectivity index (χ1n) is 6.28. The second-order valence-corrected chi connectivity index (χ2v) is 5.22. The molecule has 100 valence electrons. The standard InChI is InChI=1S/C14H23N3O/c1-11(2)17(13(18)14(3,4)15-5)10-12-8-6-7-9-16-12/h6-9,11,15H,10H2,1-5H3. The lowest BCUT2D eigenvalue weighted by atomic mass is 10.0. The van der Waals surface area contributed by atoms with Crippen LogP contribution in [-0.4, -0.2) is 34.4 Å². The molecule has 0 aromatic carbocycles. The summed E-state index contributed by atoms with van der Waals surface area (Å²) in [4.78, 5) is 18.6. The maximum Gasteiger partial charge on any atom is 0.242 e. The van der Waals surface area contributed by atoms with E-state index < -0.39 is 5.54 Å². The van der Waals surface area contributed by atoms with E-state index in [1.165, 1.54) is 0 Å². The predicted octanol–water partition coefficient (Wildman–Crippen LogP) is 1.82. The van der Waals surface area contributed by atoms with Crippen LogP contribution in [0.2, 0.25) is 0 Å². The van der Waals surface area contributed by atoms with Gasteiger partial charge in [-0.05, 0) is 46.9 Å². The fourth-order valence-electron chi connectivity index (χ4n) is 1.62. The Bertz CT molecular complexity index is 387. The van der Waals surface area contributed by atoms with Crippen molar-refractivity contribution < 1.29 is 4.79 Å². The third kappa shape index (κ3) is 3.53. The van der Waals surface area contributed by atoms with E-state index in [1.54, 1.807) is 13.2 Å². The van der Waals surface area contributed by atoms with Crippen LogP contribution in [0.1, 0.15) is 33.4 Å². The van der Waals surface area contributed by atoms with E-state index in [1.807, 2.05) is 50.8 Å². The molecule has 4 nitrogen and oxygen atoms in total. The zero-order valence-electron chi connectivity index (χ0n) is 11.9. The molecule has 1 heterocycles. The first-order chi connectivity index (χ1) is 8.38. The highest BCUT2D eigenvalue weighted by molar-refractivity contribution is 5.85. The van der Waals surface area contributed by atoms with Crippen molar-refractivity contribution in [3.05, 3.63) is 30.1 Å². The predicted molar refractivity (Wildman–Crippen MR) is 73.1 cm³/mol. The molecule has 0 unspecified atom stereocenters. The molecule has 0 fully saturated rings. The Hall–Kier alpha value is -1.42. The number of nitrogens with one attached hydrogen (secondary N) is 1. The number of aromatic nitrogens is 1. The summed E-state index contributed by atoms with van der Waals surface area (Å²) in [7, 11) is 1.80. The van der Waals surface area contributed by atoms with Gasteiger partial charge >= 0.3 is 0 Å². The molecule has 0 spiro atoms. The number of carbonyl (C=O) groups excluding carboxylic acids is 1. The smallest absolute Gasteiger partial charge is 0.242 e. The van der Waals surface area contributed by atoms with Crippen molar-refractivity contribution in [2.75, 3.05) is 7.05 Å². The van der Waals surface area contributed by atoms with Crippen LogP contribution in [0.3, 0.4) is 0 Å². The van der Waals surface area contributed by atoms with Gasteiger partial charge in [0, 0.05) is 12.2 Å². The van der Waals surface area contributed by atoms with E-state index in [9.17, 15) is 4.79 Å². The van der Waals surface area contributed by atoms with Gasteiger partial charge in [0.1, 0.15) is 0 Å². The van der Waals surface area contributed by atoms with Gasteiger partial charge in [0.05, 0.1) is 17.8 Å². The number of pyridine rings is 1. The molecule has 0 saturated carbocycles. The molecule has 4 heteroatoms. The molecule has 0 radical (unpaired) electrons. The van der Waals surface area contributed by atoms with Gasteiger partial charge in [-0.15, -0.1) is 0 Å². The van der Waals surface area contributed by atoms with E-state index in [0.717, 1.165) is 5.69 Å². The van der Waals surface area contributed by atoms with Crippen LogP contribution < -0.4 is 5.32 Å². The second kappa shape index (κ2) is 5.96. The van der Waals surface area contributed by atoms with Crippen LogP contribution in [0.4, 0.5) is 0 Å². The Morgan fingerprint density at radius 3 is 2.56 bits per heavy atom. The SMILES string of the molecule is CNC(C)(C)C(=O)N(Cc1ccccn1)C(C)C. The van der Waals surface area contributed by atoms with Gasteiger partial charge in [-0.3, -0.25) is 9.78 Å². The maximum atomic E-state index is 12.5. The van der Waals surface area contributed by atoms with Gasteiger partial charge in [-0.2, -0.15) is 0 Å². The van der Waals surface area contributed by atoms with Crippen molar-refractivity contribution in [1.29, 1.82) is 0 Å². The summed E-state index contributed by atoms with van der Waals surface area (Å²) in [6.07, 6.45) is 1.75. The van der Waals surface area contributed by atoms with Gasteiger partial charge in [0.15, 0.2) is 0 Å². The highest BCUT2D eigenvalue weighted by Gasteiger charge is 2.31. The van der Waals surface area contributed by atoms with E-state index in [0.29, 0.717) is 6.54 Å². The van der Waals surface area contributed by atoms with Crippen molar-refractivity contribution in [2.45, 2.75) is 45.8 Å². The van der Waals surface area contributed by atoms with Crippen molar-refractivity contribution in [2.24, 2.45) is 0 Å². The molecule has 0 aliphatic carbocycles. The summed E-state index contributed by atoms with van der Waals surface area (Å²) in [5.74, 6) is 0.0886. The summed E-state index contributed by atoms with van der Waals surface area (Å²) in [5.41, 5.74) is 0.352. The van der Waals surface area contributed by atoms with Crippen LogP contribution in [0, 0.1) is 0 Å². The van der Waals surface area contributed by atoms with Crippen LogP contribution in [0.25, 0.3) is 0 Å². The molecular weight excluding hydrogens is 226 g/mol. The van der Waals surface area contributed by atoms with Crippen molar-refractivity contribution in [1.82, 2.24) is 15.2 Å². The summed E-state index contributed by atoms with van der Waals surface area (Å²) < 4.78 is 0. The lowest BCUT2D eigenvalue weighted by molar-refractivity contribution is -0.139. The van der Waals surface area contributed by atoms with Crippen LogP contribution in [0.15, 0.2) is 24.4 Å². The minimum absolute atomic E-state index is 0.0886. The molecule has 0 saturated heterocycles. The van der Waals surface area contributed by atoms with Crippen molar-refractivity contribution in [3.63, 3.8) is 0 Å². The Balaban J connectivity index is 2.88. The van der Waals surface area contributed by atoms with Gasteiger partial charge in [0.2, 0.25) is 5.91 Å². The quantitative estimate of drug-likeness (QED) is 0.865. The van der Waals surface area contributed by atoms with E-state index in [2.05, 4.69) is 10.3 Å². The number of likely N-dealkylation sites (N-methyl/N-ethyl adjacent to an activating group) is 1. The first kappa shape index (κ1) is 14.6. The Morgan fingerprint density at radius 2 is 2.11 bits per heavy atom. The number of rotatable bonds is 5. The molecule has 0 atom stereocenters. The average molecular weight is 249 g/mol. The fraction of sp³-hybridized carbons (Fsp3) is 0.571. The Labute approximate surface area is 109 Å². The molecule has 1 aromatic rings. The van der Waals surface area contributed by atoms with Crippen LogP contribution in [0.5, 0.6) is 0 Å². The monoisotopic (exact) mass is 249 g/mol. The van der Waals surface area contributed by atoms with Gasteiger partial charge in [0.25, 0.3) is 0 Å². The molecule has 18 heavy (non-hydrogen) atoms. The third-order valence-corrected chi connectivity index (χ3v) is 3.10. The highest BCUT2D eigenvalue weighted by atomic mass is 16.2. The largest absolute Gasteiger partial charge is 0.333 e. The number of nitrogens with zero attached hydrogens (tertiary/aromatic N) is 2. The third-order valence-electron chi connectivity index (χ3n) is 3.10. The van der Waals surface area contributed by atoms with Crippen LogP contribution >= 0.6 is 0 Å². The molecular formula is C14H23N3O. The van der Waals surface area contributed by atoms with Gasteiger partial charge < -0.3 is 10.2 Å². The minimum Gasteiger partial charge on any atom is -0.333 e. The highest BCUT2D eigenvalue weighted by Crippen LogP contribution is 2.13.